The van der Waals surface area contributed by atoms with Crippen molar-refractivity contribution in [2.24, 2.45) is 0 Å². The molecule has 2 aromatic rings. The zero-order chi connectivity index (χ0) is 19.2. The van der Waals surface area contributed by atoms with Crippen LogP contribution in [-0.2, 0) is 11.3 Å². The van der Waals surface area contributed by atoms with Crippen LogP contribution in [0.2, 0.25) is 0 Å². The highest BCUT2D eigenvalue weighted by molar-refractivity contribution is 5.69. The van der Waals surface area contributed by atoms with Crippen LogP contribution in [0.3, 0.4) is 0 Å². The number of amides is 1. The van der Waals surface area contributed by atoms with Gasteiger partial charge in [-0.1, -0.05) is 30.3 Å². The number of pyridine rings is 1. The van der Waals surface area contributed by atoms with E-state index < -0.39 is 11.0 Å². The van der Waals surface area contributed by atoms with Gasteiger partial charge >= 0.3 is 11.8 Å². The number of aromatic nitrogens is 1. The lowest BCUT2D eigenvalue weighted by Gasteiger charge is -2.34. The summed E-state index contributed by atoms with van der Waals surface area (Å²) >= 11 is 0. The summed E-state index contributed by atoms with van der Waals surface area (Å²) in [5.74, 6) is 0.149. The topological polar surface area (TPSA) is 113 Å². The number of nitriles is 1. The van der Waals surface area contributed by atoms with Crippen molar-refractivity contribution in [1.82, 2.24) is 9.88 Å². The summed E-state index contributed by atoms with van der Waals surface area (Å²) in [6.07, 6.45) is 0.952. The van der Waals surface area contributed by atoms with Crippen LogP contribution in [0.4, 0.5) is 16.3 Å². The lowest BCUT2D eigenvalue weighted by atomic mass is 10.2. The standard InChI is InChI=1S/C18H17N5O4/c19-12-15-6-7-20-17(16(15)23(25)26)21-8-10-22(11-9-21)18(24)27-13-14-4-2-1-3-5-14/h1-7H,8-11,13H2. The van der Waals surface area contributed by atoms with Gasteiger partial charge in [0.25, 0.3) is 0 Å². The van der Waals surface area contributed by atoms with Crippen LogP contribution in [0.1, 0.15) is 11.1 Å². The number of hydrogen-bond acceptors (Lipinski definition) is 7. The van der Waals surface area contributed by atoms with E-state index in [1.165, 1.54) is 12.3 Å². The molecule has 1 fully saturated rings. The minimum atomic E-state index is -0.596. The van der Waals surface area contributed by atoms with Crippen molar-refractivity contribution in [2.75, 3.05) is 31.1 Å². The van der Waals surface area contributed by atoms with Gasteiger partial charge in [0, 0.05) is 32.4 Å². The van der Waals surface area contributed by atoms with Gasteiger partial charge in [0.05, 0.1) is 4.92 Å². The number of carbonyl (C=O) groups excluding carboxylic acids is 1. The van der Waals surface area contributed by atoms with E-state index in [9.17, 15) is 14.9 Å². The van der Waals surface area contributed by atoms with Crippen LogP contribution in [0.15, 0.2) is 42.6 Å². The van der Waals surface area contributed by atoms with Gasteiger partial charge in [-0.25, -0.2) is 9.78 Å². The largest absolute Gasteiger partial charge is 0.445 e. The van der Waals surface area contributed by atoms with E-state index >= 15 is 0 Å². The first kappa shape index (κ1) is 18.1. The Morgan fingerprint density at radius 3 is 2.56 bits per heavy atom. The van der Waals surface area contributed by atoms with Crippen molar-refractivity contribution < 1.29 is 14.5 Å². The molecule has 0 spiro atoms. The molecule has 1 aromatic carbocycles. The van der Waals surface area contributed by atoms with Gasteiger partial charge in [-0.15, -0.1) is 0 Å². The number of anilines is 1. The highest BCUT2D eigenvalue weighted by Gasteiger charge is 2.29. The first-order chi connectivity index (χ1) is 13.1. The van der Waals surface area contributed by atoms with Gasteiger partial charge in [-0.05, 0) is 11.6 Å². The van der Waals surface area contributed by atoms with Gasteiger partial charge in [-0.2, -0.15) is 5.26 Å². The van der Waals surface area contributed by atoms with Crippen LogP contribution in [0.25, 0.3) is 0 Å². The molecule has 0 N–H and O–H groups in total. The maximum absolute atomic E-state index is 12.2. The molecule has 0 bridgehead atoms. The normalized spacial score (nSPS) is 13.7. The Kier molecular flexibility index (Phi) is 5.47. The van der Waals surface area contributed by atoms with E-state index in [4.69, 9.17) is 10.00 Å². The fraction of sp³-hybridized carbons (Fsp3) is 0.278. The number of hydrogen-bond donors (Lipinski definition) is 0. The van der Waals surface area contributed by atoms with Gasteiger partial charge in [0.1, 0.15) is 18.2 Å². The van der Waals surface area contributed by atoms with E-state index in [-0.39, 0.29) is 23.7 Å². The molecule has 27 heavy (non-hydrogen) atoms. The summed E-state index contributed by atoms with van der Waals surface area (Å²) in [4.78, 5) is 30.3. The highest BCUT2D eigenvalue weighted by Crippen LogP contribution is 2.29. The second-order valence-corrected chi connectivity index (χ2v) is 5.91. The molecule has 9 nitrogen and oxygen atoms in total. The Bertz CT molecular complexity index is 873. The molecule has 9 heteroatoms. The van der Waals surface area contributed by atoms with E-state index in [0.29, 0.717) is 26.2 Å². The summed E-state index contributed by atoms with van der Waals surface area (Å²) in [5, 5.41) is 20.4. The molecule has 3 rings (SSSR count). The van der Waals surface area contributed by atoms with E-state index in [0.717, 1.165) is 5.56 Å². The van der Waals surface area contributed by atoms with E-state index in [2.05, 4.69) is 4.98 Å². The molecule has 0 radical (unpaired) electrons. The third-order valence-corrected chi connectivity index (χ3v) is 4.25. The molecule has 0 unspecified atom stereocenters. The van der Waals surface area contributed by atoms with E-state index in [1.54, 1.807) is 9.80 Å². The molecule has 1 aliphatic rings. The molecule has 138 valence electrons. The third-order valence-electron chi connectivity index (χ3n) is 4.25. The number of nitrogens with zero attached hydrogens (tertiary/aromatic N) is 5. The van der Waals surface area contributed by atoms with Gasteiger partial charge < -0.3 is 14.5 Å². The average Bonchev–Trinajstić information content (AvgIpc) is 2.72. The van der Waals surface area contributed by atoms with Crippen LogP contribution < -0.4 is 4.90 Å². The first-order valence-corrected chi connectivity index (χ1v) is 8.34. The Morgan fingerprint density at radius 1 is 1.22 bits per heavy atom. The minimum Gasteiger partial charge on any atom is -0.445 e. The Hall–Kier alpha value is -3.67. The molecule has 1 saturated heterocycles. The Balaban J connectivity index is 1.62. The van der Waals surface area contributed by atoms with Crippen molar-refractivity contribution in [3.05, 3.63) is 63.8 Å². The maximum atomic E-state index is 12.2. The smallest absolute Gasteiger partial charge is 0.410 e. The monoisotopic (exact) mass is 367 g/mol. The molecule has 1 aliphatic heterocycles. The Labute approximate surface area is 155 Å². The Morgan fingerprint density at radius 2 is 1.93 bits per heavy atom. The number of benzene rings is 1. The number of rotatable bonds is 4. The summed E-state index contributed by atoms with van der Waals surface area (Å²) in [5.41, 5.74) is 0.562. The van der Waals surface area contributed by atoms with E-state index in [1.807, 2.05) is 36.4 Å². The third kappa shape index (κ3) is 4.12. The van der Waals surface area contributed by atoms with Crippen molar-refractivity contribution in [1.29, 1.82) is 5.26 Å². The molecule has 0 atom stereocenters. The quantitative estimate of drug-likeness (QED) is 0.602. The summed E-state index contributed by atoms with van der Waals surface area (Å²) in [7, 11) is 0. The fourth-order valence-corrected chi connectivity index (χ4v) is 2.86. The highest BCUT2D eigenvalue weighted by atomic mass is 16.6. The molecule has 1 aromatic heterocycles. The van der Waals surface area contributed by atoms with Gasteiger partial charge in [0.15, 0.2) is 0 Å². The fourth-order valence-electron chi connectivity index (χ4n) is 2.86. The van der Waals surface area contributed by atoms with Crippen molar-refractivity contribution >= 4 is 17.6 Å². The van der Waals surface area contributed by atoms with Gasteiger partial charge in [-0.3, -0.25) is 10.1 Å². The maximum Gasteiger partial charge on any atom is 0.410 e. The summed E-state index contributed by atoms with van der Waals surface area (Å²) in [6.45, 7) is 1.62. The van der Waals surface area contributed by atoms with Crippen LogP contribution in [-0.4, -0.2) is 47.1 Å². The zero-order valence-corrected chi connectivity index (χ0v) is 14.4. The number of nitro groups is 1. The first-order valence-electron chi connectivity index (χ1n) is 8.34. The molecule has 0 aliphatic carbocycles. The lowest BCUT2D eigenvalue weighted by Crippen LogP contribution is -2.49. The van der Waals surface area contributed by atoms with Crippen LogP contribution >= 0.6 is 0 Å². The number of carbonyl (C=O) groups is 1. The molecular formula is C18H17N5O4. The minimum absolute atomic E-state index is 0.0327. The SMILES string of the molecule is N#Cc1ccnc(N2CCN(C(=O)OCc3ccccc3)CC2)c1[N+](=O)[O-]. The lowest BCUT2D eigenvalue weighted by molar-refractivity contribution is -0.384. The zero-order valence-electron chi connectivity index (χ0n) is 14.4. The second kappa shape index (κ2) is 8.14. The van der Waals surface area contributed by atoms with Crippen LogP contribution in [0.5, 0.6) is 0 Å². The number of piperazine rings is 1. The molecule has 2 heterocycles. The summed E-state index contributed by atoms with van der Waals surface area (Å²) in [6, 6.07) is 12.5. The van der Waals surface area contributed by atoms with Crippen molar-refractivity contribution in [3.8, 4) is 6.07 Å². The molecular weight excluding hydrogens is 350 g/mol. The van der Waals surface area contributed by atoms with Crippen LogP contribution in [0, 0.1) is 21.4 Å². The number of ether oxygens (including phenoxy) is 1. The average molecular weight is 367 g/mol. The molecule has 0 saturated carbocycles. The second-order valence-electron chi connectivity index (χ2n) is 5.91. The predicted octanol–water partition coefficient (Wildman–Crippen LogP) is 2.32. The van der Waals surface area contributed by atoms with Crippen molar-refractivity contribution in [3.63, 3.8) is 0 Å². The summed E-state index contributed by atoms with van der Waals surface area (Å²) < 4.78 is 5.31. The predicted molar refractivity (Wildman–Crippen MR) is 96.0 cm³/mol. The van der Waals surface area contributed by atoms with Gasteiger partial charge in [0.2, 0.25) is 5.82 Å². The molecule has 1 amide bonds. The van der Waals surface area contributed by atoms with Crippen molar-refractivity contribution in [2.45, 2.75) is 6.61 Å².